The number of hydrogen-bond donors (Lipinski definition) is 1. The van der Waals surface area contributed by atoms with Crippen LogP contribution in [0.1, 0.15) is 24.2 Å². The van der Waals surface area contributed by atoms with Crippen LogP contribution in [0.2, 0.25) is 0 Å². The SMILES string of the molecule is CCN(CC)CCNC(=O)c1ccccc1N(C)C. The number of rotatable bonds is 7. The number of likely N-dealkylation sites (N-methyl/N-ethyl adjacent to an activating group) is 1. The average molecular weight is 263 g/mol. The minimum atomic E-state index is -0.00328. The van der Waals surface area contributed by atoms with Gasteiger partial charge in [-0.05, 0) is 25.2 Å². The Bertz CT molecular complexity index is 400. The van der Waals surface area contributed by atoms with Crippen molar-refractivity contribution in [2.45, 2.75) is 13.8 Å². The molecule has 1 rings (SSSR count). The summed E-state index contributed by atoms with van der Waals surface area (Å²) in [4.78, 5) is 16.4. The molecule has 0 atom stereocenters. The highest BCUT2D eigenvalue weighted by atomic mass is 16.1. The van der Waals surface area contributed by atoms with Crippen LogP contribution in [0.5, 0.6) is 0 Å². The Morgan fingerprint density at radius 2 is 1.79 bits per heavy atom. The molecule has 0 aliphatic rings. The largest absolute Gasteiger partial charge is 0.377 e. The lowest BCUT2D eigenvalue weighted by molar-refractivity contribution is 0.0949. The number of amides is 1. The minimum absolute atomic E-state index is 0.00328. The fourth-order valence-corrected chi connectivity index (χ4v) is 2.02. The van der Waals surface area contributed by atoms with Crippen molar-refractivity contribution in [1.29, 1.82) is 0 Å². The predicted molar refractivity (Wildman–Crippen MR) is 80.9 cm³/mol. The first-order valence-corrected chi connectivity index (χ1v) is 6.87. The van der Waals surface area contributed by atoms with Gasteiger partial charge in [-0.2, -0.15) is 0 Å². The summed E-state index contributed by atoms with van der Waals surface area (Å²) in [6, 6.07) is 7.66. The fourth-order valence-electron chi connectivity index (χ4n) is 2.02. The Labute approximate surface area is 116 Å². The average Bonchev–Trinajstić information content (AvgIpc) is 2.43. The zero-order valence-corrected chi connectivity index (χ0v) is 12.4. The summed E-state index contributed by atoms with van der Waals surface area (Å²) in [5, 5.41) is 2.99. The van der Waals surface area contributed by atoms with Crippen molar-refractivity contribution in [3.8, 4) is 0 Å². The molecule has 4 heteroatoms. The molecule has 1 aromatic carbocycles. The second kappa shape index (κ2) is 7.79. The summed E-state index contributed by atoms with van der Waals surface area (Å²) in [7, 11) is 3.89. The first kappa shape index (κ1) is 15.5. The van der Waals surface area contributed by atoms with Gasteiger partial charge in [0.15, 0.2) is 0 Å². The molecule has 0 unspecified atom stereocenters. The van der Waals surface area contributed by atoms with Crippen molar-refractivity contribution in [3.05, 3.63) is 29.8 Å². The van der Waals surface area contributed by atoms with Gasteiger partial charge >= 0.3 is 0 Å². The number of nitrogens with one attached hydrogen (secondary N) is 1. The molecule has 4 nitrogen and oxygen atoms in total. The molecular weight excluding hydrogens is 238 g/mol. The zero-order chi connectivity index (χ0) is 14.3. The van der Waals surface area contributed by atoms with Gasteiger partial charge in [0.2, 0.25) is 0 Å². The van der Waals surface area contributed by atoms with Crippen LogP contribution in [0.25, 0.3) is 0 Å². The van der Waals surface area contributed by atoms with Gasteiger partial charge in [-0.1, -0.05) is 26.0 Å². The Kier molecular flexibility index (Phi) is 6.36. The van der Waals surface area contributed by atoms with Crippen molar-refractivity contribution in [3.63, 3.8) is 0 Å². The number of hydrogen-bond acceptors (Lipinski definition) is 3. The summed E-state index contributed by atoms with van der Waals surface area (Å²) in [5.74, 6) is -0.00328. The topological polar surface area (TPSA) is 35.6 Å². The lowest BCUT2D eigenvalue weighted by Crippen LogP contribution is -2.35. The van der Waals surface area contributed by atoms with E-state index in [0.29, 0.717) is 6.54 Å². The van der Waals surface area contributed by atoms with E-state index >= 15 is 0 Å². The summed E-state index contributed by atoms with van der Waals surface area (Å²) in [6.07, 6.45) is 0. The van der Waals surface area contributed by atoms with Crippen molar-refractivity contribution in [1.82, 2.24) is 10.2 Å². The number of carbonyl (C=O) groups is 1. The van der Waals surface area contributed by atoms with Crippen LogP contribution in [0.4, 0.5) is 5.69 Å². The zero-order valence-electron chi connectivity index (χ0n) is 12.4. The molecule has 106 valence electrons. The molecule has 0 aliphatic carbocycles. The van der Waals surface area contributed by atoms with Gasteiger partial charge in [-0.15, -0.1) is 0 Å². The molecule has 0 saturated carbocycles. The Hall–Kier alpha value is -1.55. The molecule has 1 N–H and O–H groups in total. The van der Waals surface area contributed by atoms with Gasteiger partial charge in [0.25, 0.3) is 5.91 Å². The van der Waals surface area contributed by atoms with E-state index in [-0.39, 0.29) is 5.91 Å². The highest BCUT2D eigenvalue weighted by Gasteiger charge is 2.11. The van der Waals surface area contributed by atoms with Gasteiger partial charge in [-0.3, -0.25) is 4.79 Å². The van der Waals surface area contributed by atoms with Crippen molar-refractivity contribution < 1.29 is 4.79 Å². The maximum Gasteiger partial charge on any atom is 0.253 e. The molecule has 1 amide bonds. The summed E-state index contributed by atoms with van der Waals surface area (Å²) in [6.45, 7) is 7.87. The molecule has 0 fully saturated rings. The van der Waals surface area contributed by atoms with Crippen molar-refractivity contribution in [2.24, 2.45) is 0 Å². The second-order valence-electron chi connectivity index (χ2n) is 4.69. The predicted octanol–water partition coefficient (Wildman–Crippen LogP) is 1.82. The third kappa shape index (κ3) is 4.56. The minimum Gasteiger partial charge on any atom is -0.377 e. The van der Waals surface area contributed by atoms with E-state index in [0.717, 1.165) is 30.9 Å². The third-order valence-electron chi connectivity index (χ3n) is 3.24. The molecule has 0 radical (unpaired) electrons. The van der Waals surface area contributed by atoms with E-state index in [4.69, 9.17) is 0 Å². The van der Waals surface area contributed by atoms with E-state index in [1.807, 2.05) is 43.3 Å². The van der Waals surface area contributed by atoms with Gasteiger partial charge in [0.1, 0.15) is 0 Å². The fraction of sp³-hybridized carbons (Fsp3) is 0.533. The van der Waals surface area contributed by atoms with Gasteiger partial charge in [0, 0.05) is 32.9 Å². The van der Waals surface area contributed by atoms with Crippen LogP contribution < -0.4 is 10.2 Å². The van der Waals surface area contributed by atoms with Crippen molar-refractivity contribution >= 4 is 11.6 Å². The highest BCUT2D eigenvalue weighted by molar-refractivity contribution is 5.99. The lowest BCUT2D eigenvalue weighted by atomic mass is 10.1. The van der Waals surface area contributed by atoms with Crippen LogP contribution in [-0.2, 0) is 0 Å². The van der Waals surface area contributed by atoms with Crippen LogP contribution in [0.3, 0.4) is 0 Å². The third-order valence-corrected chi connectivity index (χ3v) is 3.24. The second-order valence-corrected chi connectivity index (χ2v) is 4.69. The van der Waals surface area contributed by atoms with Gasteiger partial charge in [-0.25, -0.2) is 0 Å². The van der Waals surface area contributed by atoms with Crippen LogP contribution in [-0.4, -0.2) is 51.1 Å². The van der Waals surface area contributed by atoms with E-state index in [2.05, 4.69) is 24.1 Å². The molecular formula is C15H25N3O. The molecule has 0 saturated heterocycles. The maximum atomic E-state index is 12.2. The highest BCUT2D eigenvalue weighted by Crippen LogP contribution is 2.17. The number of nitrogens with zero attached hydrogens (tertiary/aromatic N) is 2. The first-order valence-electron chi connectivity index (χ1n) is 6.87. The molecule has 0 aliphatic heterocycles. The Balaban J connectivity index is 2.59. The number of para-hydroxylation sites is 1. The standard InChI is InChI=1S/C15H25N3O/c1-5-18(6-2)12-11-16-15(19)13-9-7-8-10-14(13)17(3)4/h7-10H,5-6,11-12H2,1-4H3,(H,16,19). The molecule has 19 heavy (non-hydrogen) atoms. The Morgan fingerprint density at radius 1 is 1.16 bits per heavy atom. The summed E-state index contributed by atoms with van der Waals surface area (Å²) >= 11 is 0. The van der Waals surface area contributed by atoms with E-state index in [1.54, 1.807) is 0 Å². The smallest absolute Gasteiger partial charge is 0.253 e. The summed E-state index contributed by atoms with van der Waals surface area (Å²) < 4.78 is 0. The molecule has 0 bridgehead atoms. The quantitative estimate of drug-likeness (QED) is 0.815. The van der Waals surface area contributed by atoms with Crippen LogP contribution in [0, 0.1) is 0 Å². The normalized spacial score (nSPS) is 10.6. The number of benzene rings is 1. The van der Waals surface area contributed by atoms with Gasteiger partial charge in [0.05, 0.1) is 5.56 Å². The Morgan fingerprint density at radius 3 is 2.37 bits per heavy atom. The maximum absolute atomic E-state index is 12.2. The molecule has 1 aromatic rings. The monoisotopic (exact) mass is 263 g/mol. The van der Waals surface area contributed by atoms with Crippen molar-refractivity contribution in [2.75, 3.05) is 45.2 Å². The number of carbonyl (C=O) groups excluding carboxylic acids is 1. The summed E-state index contributed by atoms with van der Waals surface area (Å²) in [5.41, 5.74) is 1.68. The van der Waals surface area contributed by atoms with E-state index in [9.17, 15) is 4.79 Å². The lowest BCUT2D eigenvalue weighted by Gasteiger charge is -2.19. The molecule has 0 heterocycles. The number of anilines is 1. The molecule has 0 aromatic heterocycles. The van der Waals surface area contributed by atoms with E-state index in [1.165, 1.54) is 0 Å². The first-order chi connectivity index (χ1) is 9.10. The van der Waals surface area contributed by atoms with Crippen LogP contribution in [0.15, 0.2) is 24.3 Å². The van der Waals surface area contributed by atoms with Gasteiger partial charge < -0.3 is 15.1 Å². The molecule has 0 spiro atoms. The van der Waals surface area contributed by atoms with Crippen LogP contribution >= 0.6 is 0 Å². The van der Waals surface area contributed by atoms with E-state index < -0.39 is 0 Å².